The van der Waals surface area contributed by atoms with Crippen LogP contribution < -0.4 is 11.1 Å². The van der Waals surface area contributed by atoms with Gasteiger partial charge in [-0.3, -0.25) is 4.79 Å². The summed E-state index contributed by atoms with van der Waals surface area (Å²) >= 11 is 13.1. The lowest BCUT2D eigenvalue weighted by atomic mass is 10.2. The quantitative estimate of drug-likeness (QED) is 0.651. The lowest BCUT2D eigenvalue weighted by Gasteiger charge is -2.09. The van der Waals surface area contributed by atoms with Gasteiger partial charge in [-0.1, -0.05) is 35.3 Å². The molecule has 4 nitrogen and oxygen atoms in total. The molecule has 0 saturated carbocycles. The number of halogens is 2. The Morgan fingerprint density at radius 2 is 2.19 bits per heavy atom. The van der Waals surface area contributed by atoms with E-state index >= 15 is 0 Å². The lowest BCUT2D eigenvalue weighted by molar-refractivity contribution is -0.113. The molecule has 110 valence electrons. The molecule has 1 aromatic heterocycles. The second-order valence-electron chi connectivity index (χ2n) is 4.31. The van der Waals surface area contributed by atoms with Gasteiger partial charge in [0, 0.05) is 16.8 Å². The molecule has 0 saturated heterocycles. The zero-order valence-corrected chi connectivity index (χ0v) is 13.5. The molecular weight excluding hydrogens is 329 g/mol. The maximum absolute atomic E-state index is 11.9. The Hall–Kier alpha value is -1.43. The number of para-hydroxylation sites is 1. The minimum Gasteiger partial charge on any atom is -0.398 e. The summed E-state index contributed by atoms with van der Waals surface area (Å²) in [5, 5.41) is 3.36. The Morgan fingerprint density at radius 3 is 2.90 bits per heavy atom. The van der Waals surface area contributed by atoms with Crippen molar-refractivity contribution in [2.45, 2.75) is 11.8 Å². The van der Waals surface area contributed by atoms with Crippen molar-refractivity contribution < 1.29 is 4.79 Å². The second kappa shape index (κ2) is 7.02. The lowest BCUT2D eigenvalue weighted by Crippen LogP contribution is -2.15. The van der Waals surface area contributed by atoms with Crippen LogP contribution in [0.15, 0.2) is 35.4 Å². The highest BCUT2D eigenvalue weighted by atomic mass is 35.5. The van der Waals surface area contributed by atoms with E-state index in [2.05, 4.69) is 10.3 Å². The van der Waals surface area contributed by atoms with Crippen LogP contribution in [0, 0.1) is 6.92 Å². The van der Waals surface area contributed by atoms with E-state index in [9.17, 15) is 4.79 Å². The number of aromatic nitrogens is 1. The highest BCUT2D eigenvalue weighted by molar-refractivity contribution is 8.00. The largest absolute Gasteiger partial charge is 0.398 e. The van der Waals surface area contributed by atoms with Gasteiger partial charge in [0.15, 0.2) is 5.82 Å². The number of anilines is 2. The number of nitrogens with zero attached hydrogens (tertiary/aromatic N) is 1. The number of carbonyl (C=O) groups excluding carboxylic acids is 1. The van der Waals surface area contributed by atoms with Gasteiger partial charge in [-0.05, 0) is 24.6 Å². The van der Waals surface area contributed by atoms with Crippen LogP contribution in [0.1, 0.15) is 5.56 Å². The highest BCUT2D eigenvalue weighted by Crippen LogP contribution is 2.28. The third-order valence-electron chi connectivity index (χ3n) is 2.71. The van der Waals surface area contributed by atoms with Gasteiger partial charge in [-0.2, -0.15) is 0 Å². The fourth-order valence-electron chi connectivity index (χ4n) is 1.60. The summed E-state index contributed by atoms with van der Waals surface area (Å²) in [5.74, 6) is 0.301. The van der Waals surface area contributed by atoms with Crippen molar-refractivity contribution in [1.29, 1.82) is 0 Å². The normalized spacial score (nSPS) is 10.4. The number of hydrogen-bond donors (Lipinski definition) is 2. The van der Waals surface area contributed by atoms with Crippen LogP contribution in [0.2, 0.25) is 10.0 Å². The van der Waals surface area contributed by atoms with Crippen molar-refractivity contribution >= 4 is 52.4 Å². The maximum atomic E-state index is 11.9. The van der Waals surface area contributed by atoms with Crippen molar-refractivity contribution in [3.05, 3.63) is 46.1 Å². The molecule has 0 radical (unpaired) electrons. The number of rotatable bonds is 4. The highest BCUT2D eigenvalue weighted by Gasteiger charge is 2.10. The summed E-state index contributed by atoms with van der Waals surface area (Å²) < 4.78 is 0. The second-order valence-corrected chi connectivity index (χ2v) is 6.17. The molecule has 0 spiro atoms. The van der Waals surface area contributed by atoms with Crippen molar-refractivity contribution in [2.75, 3.05) is 16.8 Å². The van der Waals surface area contributed by atoms with Crippen LogP contribution in [0.4, 0.5) is 11.5 Å². The summed E-state index contributed by atoms with van der Waals surface area (Å²) in [6.45, 7) is 1.93. The first-order valence-corrected chi connectivity index (χ1v) is 7.80. The molecule has 1 heterocycles. The number of pyridine rings is 1. The summed E-state index contributed by atoms with van der Waals surface area (Å²) in [7, 11) is 0. The predicted molar refractivity (Wildman–Crippen MR) is 89.2 cm³/mol. The summed E-state index contributed by atoms with van der Waals surface area (Å²) in [6.07, 6.45) is 1.43. The van der Waals surface area contributed by atoms with Crippen LogP contribution in [0.5, 0.6) is 0 Å². The topological polar surface area (TPSA) is 68.0 Å². The Labute approximate surface area is 137 Å². The van der Waals surface area contributed by atoms with Gasteiger partial charge >= 0.3 is 0 Å². The molecule has 0 fully saturated rings. The van der Waals surface area contributed by atoms with Crippen molar-refractivity contribution in [1.82, 2.24) is 4.98 Å². The minimum absolute atomic E-state index is 0.211. The zero-order valence-electron chi connectivity index (χ0n) is 11.2. The SMILES string of the molecule is Cc1cccc(SCC(=O)Nc2ncc(Cl)cc2Cl)c1N. The van der Waals surface area contributed by atoms with Gasteiger partial charge in [0.1, 0.15) is 0 Å². The average molecular weight is 342 g/mol. The van der Waals surface area contributed by atoms with Crippen molar-refractivity contribution in [3.63, 3.8) is 0 Å². The van der Waals surface area contributed by atoms with Crippen LogP contribution in [0.25, 0.3) is 0 Å². The smallest absolute Gasteiger partial charge is 0.235 e. The van der Waals surface area contributed by atoms with E-state index < -0.39 is 0 Å². The van der Waals surface area contributed by atoms with Crippen molar-refractivity contribution in [2.24, 2.45) is 0 Å². The molecule has 0 aliphatic heterocycles. The van der Waals surface area contributed by atoms with Gasteiger partial charge < -0.3 is 11.1 Å². The van der Waals surface area contributed by atoms with Gasteiger partial charge in [0.05, 0.1) is 15.8 Å². The fraction of sp³-hybridized carbons (Fsp3) is 0.143. The van der Waals surface area contributed by atoms with E-state index in [1.165, 1.54) is 24.0 Å². The molecule has 1 aromatic carbocycles. The van der Waals surface area contributed by atoms with Crippen LogP contribution in [0.3, 0.4) is 0 Å². The third-order valence-corrected chi connectivity index (χ3v) is 4.28. The minimum atomic E-state index is -0.211. The van der Waals surface area contributed by atoms with E-state index in [0.29, 0.717) is 21.6 Å². The van der Waals surface area contributed by atoms with Gasteiger partial charge in [0.2, 0.25) is 5.91 Å². The standard InChI is InChI=1S/C14H13Cl2N3OS/c1-8-3-2-4-11(13(8)17)21-7-12(20)19-14-10(16)5-9(15)6-18-14/h2-6H,7,17H2,1H3,(H,18,19,20). The molecule has 0 atom stereocenters. The molecule has 2 aromatic rings. The van der Waals surface area contributed by atoms with Gasteiger partial charge in [0.25, 0.3) is 0 Å². The van der Waals surface area contributed by atoms with E-state index in [4.69, 9.17) is 28.9 Å². The Kier molecular flexibility index (Phi) is 5.33. The molecule has 0 bridgehead atoms. The average Bonchev–Trinajstić information content (AvgIpc) is 2.43. The number of hydrogen-bond acceptors (Lipinski definition) is 4. The maximum Gasteiger partial charge on any atom is 0.235 e. The Morgan fingerprint density at radius 1 is 1.43 bits per heavy atom. The first-order chi connectivity index (χ1) is 9.97. The van der Waals surface area contributed by atoms with Gasteiger partial charge in [-0.25, -0.2) is 4.98 Å². The van der Waals surface area contributed by atoms with E-state index in [0.717, 1.165) is 10.5 Å². The number of benzene rings is 1. The molecular formula is C14H13Cl2N3OS. The molecule has 0 aliphatic rings. The van der Waals surface area contributed by atoms with Gasteiger partial charge in [-0.15, -0.1) is 11.8 Å². The van der Waals surface area contributed by atoms with Crippen LogP contribution in [-0.2, 0) is 4.79 Å². The predicted octanol–water partition coefficient (Wildman–Crippen LogP) is 4.01. The molecule has 1 amide bonds. The van der Waals surface area contributed by atoms with Crippen molar-refractivity contribution in [3.8, 4) is 0 Å². The number of thioether (sulfide) groups is 1. The molecule has 3 N–H and O–H groups in total. The number of amides is 1. The number of aryl methyl sites for hydroxylation is 1. The summed E-state index contributed by atoms with van der Waals surface area (Å²) in [5.41, 5.74) is 7.64. The van der Waals surface area contributed by atoms with E-state index in [1.54, 1.807) is 0 Å². The monoisotopic (exact) mass is 341 g/mol. The number of nitrogens with two attached hydrogens (primary N) is 1. The fourth-order valence-corrected chi connectivity index (χ4v) is 2.87. The first kappa shape index (κ1) is 15.9. The third kappa shape index (κ3) is 4.27. The number of carbonyl (C=O) groups is 1. The summed E-state index contributed by atoms with van der Waals surface area (Å²) in [4.78, 5) is 16.8. The van der Waals surface area contributed by atoms with Crippen LogP contribution >= 0.6 is 35.0 Å². The number of nitrogens with one attached hydrogen (secondary N) is 1. The molecule has 0 unspecified atom stereocenters. The van der Waals surface area contributed by atoms with Crippen LogP contribution in [-0.4, -0.2) is 16.6 Å². The Balaban J connectivity index is 1.97. The molecule has 0 aliphatic carbocycles. The van der Waals surface area contributed by atoms with E-state index in [-0.39, 0.29) is 11.7 Å². The zero-order chi connectivity index (χ0) is 15.4. The summed E-state index contributed by atoms with van der Waals surface area (Å²) in [6, 6.07) is 7.24. The molecule has 2 rings (SSSR count). The first-order valence-electron chi connectivity index (χ1n) is 6.06. The molecule has 7 heteroatoms. The number of nitrogen functional groups attached to an aromatic ring is 1. The molecule has 21 heavy (non-hydrogen) atoms. The Bertz CT molecular complexity index is 679. The van der Waals surface area contributed by atoms with E-state index in [1.807, 2.05) is 25.1 Å².